The first-order valence-electron chi connectivity index (χ1n) is 4.52. The van der Waals surface area contributed by atoms with Crippen molar-refractivity contribution >= 4 is 45.9 Å². The van der Waals surface area contributed by atoms with Gasteiger partial charge >= 0.3 is 0 Å². The summed E-state index contributed by atoms with van der Waals surface area (Å²) in [6, 6.07) is 5.88. The van der Waals surface area contributed by atoms with E-state index in [1.807, 2.05) is 18.2 Å². The molecule has 0 aliphatic heterocycles. The van der Waals surface area contributed by atoms with Gasteiger partial charge in [0, 0.05) is 6.54 Å². The molecule has 0 radical (unpaired) electrons. The molecule has 16 heavy (non-hydrogen) atoms. The number of halogens is 2. The van der Waals surface area contributed by atoms with Crippen molar-refractivity contribution in [3.05, 3.63) is 28.2 Å². The number of nitrogens with two attached hydrogens (primary N) is 2. The summed E-state index contributed by atoms with van der Waals surface area (Å²) in [5.41, 5.74) is 11.6. The summed E-state index contributed by atoms with van der Waals surface area (Å²) in [5, 5.41) is 0. The first-order valence-corrected chi connectivity index (χ1v) is 5.31. The Morgan fingerprint density at radius 3 is 2.69 bits per heavy atom. The Morgan fingerprint density at radius 1 is 1.44 bits per heavy atom. The van der Waals surface area contributed by atoms with Crippen molar-refractivity contribution in [1.82, 2.24) is 0 Å². The van der Waals surface area contributed by atoms with Gasteiger partial charge < -0.3 is 16.2 Å². The number of methoxy groups -OCH3 is 1. The SMILES string of the molecule is COc1c(Br)cccc1CCN=C(N)N.I. The Bertz CT molecular complexity index is 367. The molecular formula is C10H15BrIN3O. The first kappa shape index (κ1) is 15.5. The van der Waals surface area contributed by atoms with Gasteiger partial charge in [-0.15, -0.1) is 24.0 Å². The van der Waals surface area contributed by atoms with Gasteiger partial charge in [0.25, 0.3) is 0 Å². The molecule has 4 nitrogen and oxygen atoms in total. The highest BCUT2D eigenvalue weighted by atomic mass is 127. The predicted molar refractivity (Wildman–Crippen MR) is 80.5 cm³/mol. The molecule has 0 unspecified atom stereocenters. The molecule has 0 amide bonds. The fourth-order valence-corrected chi connectivity index (χ4v) is 1.85. The van der Waals surface area contributed by atoms with E-state index in [1.54, 1.807) is 7.11 Å². The molecule has 0 fully saturated rings. The van der Waals surface area contributed by atoms with Crippen LogP contribution in [0.3, 0.4) is 0 Å². The van der Waals surface area contributed by atoms with Crippen molar-refractivity contribution in [3.63, 3.8) is 0 Å². The lowest BCUT2D eigenvalue weighted by Gasteiger charge is -2.08. The lowest BCUT2D eigenvalue weighted by molar-refractivity contribution is 0.407. The second-order valence-corrected chi connectivity index (χ2v) is 3.84. The monoisotopic (exact) mass is 399 g/mol. The summed E-state index contributed by atoms with van der Waals surface area (Å²) in [6.07, 6.45) is 0.751. The van der Waals surface area contributed by atoms with Crippen LogP contribution in [0.25, 0.3) is 0 Å². The van der Waals surface area contributed by atoms with E-state index in [0.29, 0.717) is 6.54 Å². The minimum atomic E-state index is 0. The largest absolute Gasteiger partial charge is 0.495 e. The number of ether oxygens (including phenoxy) is 1. The van der Waals surface area contributed by atoms with Gasteiger partial charge in [0.05, 0.1) is 11.6 Å². The molecule has 1 aromatic carbocycles. The second kappa shape index (κ2) is 7.72. The molecule has 0 saturated heterocycles. The zero-order valence-electron chi connectivity index (χ0n) is 8.94. The molecular weight excluding hydrogens is 385 g/mol. The fourth-order valence-electron chi connectivity index (χ4n) is 1.28. The van der Waals surface area contributed by atoms with Crippen LogP contribution in [0.1, 0.15) is 5.56 Å². The molecule has 0 bridgehead atoms. The third kappa shape index (κ3) is 4.56. The van der Waals surface area contributed by atoms with Crippen molar-refractivity contribution in [3.8, 4) is 5.75 Å². The molecule has 90 valence electrons. The number of nitrogens with zero attached hydrogens (tertiary/aromatic N) is 1. The second-order valence-electron chi connectivity index (χ2n) is 2.99. The van der Waals surface area contributed by atoms with Crippen molar-refractivity contribution in [2.45, 2.75) is 6.42 Å². The zero-order chi connectivity index (χ0) is 11.3. The molecule has 1 rings (SSSR count). The maximum absolute atomic E-state index is 5.28. The van der Waals surface area contributed by atoms with E-state index in [4.69, 9.17) is 16.2 Å². The van der Waals surface area contributed by atoms with Gasteiger partial charge in [0.15, 0.2) is 5.96 Å². The fraction of sp³-hybridized carbons (Fsp3) is 0.300. The minimum absolute atomic E-state index is 0. The Hall–Kier alpha value is -0.500. The summed E-state index contributed by atoms with van der Waals surface area (Å²) >= 11 is 3.42. The highest BCUT2D eigenvalue weighted by Gasteiger charge is 2.05. The Balaban J connectivity index is 0.00000225. The first-order chi connectivity index (χ1) is 7.15. The molecule has 0 spiro atoms. The predicted octanol–water partition coefficient (Wildman–Crippen LogP) is 1.89. The van der Waals surface area contributed by atoms with Crippen LogP contribution in [-0.2, 0) is 6.42 Å². The van der Waals surface area contributed by atoms with E-state index in [-0.39, 0.29) is 29.9 Å². The zero-order valence-corrected chi connectivity index (χ0v) is 12.9. The lowest BCUT2D eigenvalue weighted by atomic mass is 10.1. The molecule has 6 heteroatoms. The number of hydrogen-bond acceptors (Lipinski definition) is 2. The Kier molecular flexibility index (Phi) is 7.48. The Labute approximate surface area is 121 Å². The van der Waals surface area contributed by atoms with Crippen LogP contribution in [0, 0.1) is 0 Å². The Morgan fingerprint density at radius 2 is 2.12 bits per heavy atom. The number of rotatable bonds is 4. The van der Waals surface area contributed by atoms with Gasteiger partial charge in [-0.3, -0.25) is 4.99 Å². The summed E-state index contributed by atoms with van der Waals surface area (Å²) in [6.45, 7) is 0.565. The molecule has 0 atom stereocenters. The third-order valence-corrected chi connectivity index (χ3v) is 2.55. The van der Waals surface area contributed by atoms with Crippen molar-refractivity contribution in [2.24, 2.45) is 16.5 Å². The molecule has 4 N–H and O–H groups in total. The minimum Gasteiger partial charge on any atom is -0.495 e. The maximum atomic E-state index is 5.28. The maximum Gasteiger partial charge on any atom is 0.185 e. The van der Waals surface area contributed by atoms with Gasteiger partial charge in [-0.05, 0) is 34.0 Å². The number of benzene rings is 1. The molecule has 0 aliphatic carbocycles. The molecule has 0 aromatic heterocycles. The average Bonchev–Trinajstić information content (AvgIpc) is 2.17. The summed E-state index contributed by atoms with van der Waals surface area (Å²) < 4.78 is 6.21. The third-order valence-electron chi connectivity index (χ3n) is 1.93. The van der Waals surface area contributed by atoms with Gasteiger partial charge in [0.2, 0.25) is 0 Å². The van der Waals surface area contributed by atoms with Crippen LogP contribution in [-0.4, -0.2) is 19.6 Å². The van der Waals surface area contributed by atoms with Crippen molar-refractivity contribution in [2.75, 3.05) is 13.7 Å². The molecule has 1 aromatic rings. The smallest absolute Gasteiger partial charge is 0.185 e. The quantitative estimate of drug-likeness (QED) is 0.461. The summed E-state index contributed by atoms with van der Waals surface area (Å²) in [5.74, 6) is 0.951. The average molecular weight is 400 g/mol. The molecule has 0 heterocycles. The van der Waals surface area contributed by atoms with Crippen LogP contribution in [0.4, 0.5) is 0 Å². The molecule has 0 aliphatic rings. The number of aliphatic imine (C=N–C) groups is 1. The summed E-state index contributed by atoms with van der Waals surface area (Å²) in [4.78, 5) is 3.93. The van der Waals surface area contributed by atoms with Gasteiger partial charge in [0.1, 0.15) is 5.75 Å². The summed E-state index contributed by atoms with van der Waals surface area (Å²) in [7, 11) is 1.64. The van der Waals surface area contributed by atoms with E-state index < -0.39 is 0 Å². The number of hydrogen-bond donors (Lipinski definition) is 2. The van der Waals surface area contributed by atoms with Crippen LogP contribution < -0.4 is 16.2 Å². The molecule has 0 saturated carbocycles. The number of guanidine groups is 1. The van der Waals surface area contributed by atoms with Crippen LogP contribution in [0.2, 0.25) is 0 Å². The van der Waals surface area contributed by atoms with E-state index >= 15 is 0 Å². The van der Waals surface area contributed by atoms with Crippen molar-refractivity contribution < 1.29 is 4.74 Å². The van der Waals surface area contributed by atoms with Gasteiger partial charge in [-0.1, -0.05) is 12.1 Å². The van der Waals surface area contributed by atoms with E-state index in [9.17, 15) is 0 Å². The van der Waals surface area contributed by atoms with Gasteiger partial charge in [-0.2, -0.15) is 0 Å². The standard InChI is InChI=1S/C10H14BrN3O.HI/c1-15-9-7(3-2-4-8(9)11)5-6-14-10(12)13;/h2-4H,5-6H2,1H3,(H4,12,13,14);1H. The van der Waals surface area contributed by atoms with E-state index in [2.05, 4.69) is 20.9 Å². The van der Waals surface area contributed by atoms with Crippen LogP contribution in [0.5, 0.6) is 5.75 Å². The highest BCUT2D eigenvalue weighted by molar-refractivity contribution is 14.0. The number of para-hydroxylation sites is 1. The lowest BCUT2D eigenvalue weighted by Crippen LogP contribution is -2.23. The van der Waals surface area contributed by atoms with Gasteiger partial charge in [-0.25, -0.2) is 0 Å². The van der Waals surface area contributed by atoms with Crippen molar-refractivity contribution in [1.29, 1.82) is 0 Å². The highest BCUT2D eigenvalue weighted by Crippen LogP contribution is 2.28. The van der Waals surface area contributed by atoms with E-state index in [1.165, 1.54) is 0 Å². The van der Waals surface area contributed by atoms with E-state index in [0.717, 1.165) is 22.2 Å². The topological polar surface area (TPSA) is 73.6 Å². The van der Waals surface area contributed by atoms with Crippen LogP contribution >= 0.6 is 39.9 Å². The normalized spacial score (nSPS) is 9.12. The van der Waals surface area contributed by atoms with Crippen LogP contribution in [0.15, 0.2) is 27.7 Å².